The van der Waals surface area contributed by atoms with Crippen molar-refractivity contribution in [3.63, 3.8) is 0 Å². The Hall–Kier alpha value is -1.35. The second kappa shape index (κ2) is 6.71. The molecule has 1 saturated carbocycles. The molecule has 3 heteroatoms. The molecule has 2 atom stereocenters. The molecule has 0 spiro atoms. The van der Waals surface area contributed by atoms with Gasteiger partial charge < -0.3 is 10.0 Å². The zero-order chi connectivity index (χ0) is 13.7. The molecular formula is C16H24N2O. The van der Waals surface area contributed by atoms with E-state index < -0.39 is 0 Å². The maximum atomic E-state index is 9.90. The van der Waals surface area contributed by atoms with Gasteiger partial charge in [0.15, 0.2) is 0 Å². The lowest BCUT2D eigenvalue weighted by atomic mass is 9.87. The summed E-state index contributed by atoms with van der Waals surface area (Å²) in [7, 11) is 4.07. The third kappa shape index (κ3) is 4.06. The summed E-state index contributed by atoms with van der Waals surface area (Å²) >= 11 is 0. The van der Waals surface area contributed by atoms with E-state index in [4.69, 9.17) is 0 Å². The van der Waals surface area contributed by atoms with Crippen LogP contribution in [-0.2, 0) is 0 Å². The summed E-state index contributed by atoms with van der Waals surface area (Å²) in [5, 5.41) is 9.90. The molecule has 0 unspecified atom stereocenters. The van der Waals surface area contributed by atoms with Crippen LogP contribution in [-0.4, -0.2) is 38.1 Å². The molecule has 1 fully saturated rings. The van der Waals surface area contributed by atoms with E-state index in [0.717, 1.165) is 31.4 Å². The molecule has 1 aromatic rings. The van der Waals surface area contributed by atoms with Crippen molar-refractivity contribution in [3.05, 3.63) is 29.8 Å². The Kier molecular flexibility index (Phi) is 4.97. The van der Waals surface area contributed by atoms with Crippen LogP contribution in [0.5, 0.6) is 0 Å². The molecule has 1 aliphatic rings. The summed E-state index contributed by atoms with van der Waals surface area (Å²) in [6, 6.07) is 8.32. The summed E-state index contributed by atoms with van der Waals surface area (Å²) in [5.74, 6) is 0.349. The van der Waals surface area contributed by atoms with E-state index in [9.17, 15) is 5.11 Å². The first kappa shape index (κ1) is 14.1. The quantitative estimate of drug-likeness (QED) is 0.845. The maximum Gasteiger partial charge on any atom is 0.0586 e. The van der Waals surface area contributed by atoms with Crippen molar-refractivity contribution in [1.82, 2.24) is 0 Å². The Morgan fingerprint density at radius 3 is 2.84 bits per heavy atom. The van der Waals surface area contributed by atoms with Gasteiger partial charge in [-0.1, -0.05) is 25.0 Å². The highest BCUT2D eigenvalue weighted by atomic mass is 16.3. The summed E-state index contributed by atoms with van der Waals surface area (Å²) < 4.78 is 0. The SMILES string of the molecule is CN(C)c1cccc(C=NC[C@H]2CCCC[C@@H]2O)c1. The van der Waals surface area contributed by atoms with E-state index in [1.807, 2.05) is 26.4 Å². The lowest BCUT2D eigenvalue weighted by molar-refractivity contribution is 0.0746. The van der Waals surface area contributed by atoms with E-state index in [1.165, 1.54) is 12.1 Å². The highest BCUT2D eigenvalue weighted by Crippen LogP contribution is 2.24. The van der Waals surface area contributed by atoms with Crippen LogP contribution in [0.2, 0.25) is 0 Å². The number of anilines is 1. The monoisotopic (exact) mass is 260 g/mol. The lowest BCUT2D eigenvalue weighted by Gasteiger charge is -2.25. The molecule has 3 nitrogen and oxygen atoms in total. The van der Waals surface area contributed by atoms with Crippen LogP contribution < -0.4 is 4.90 Å². The second-order valence-corrected chi connectivity index (χ2v) is 5.60. The van der Waals surface area contributed by atoms with Crippen LogP contribution in [0.15, 0.2) is 29.3 Å². The topological polar surface area (TPSA) is 35.8 Å². The normalized spacial score (nSPS) is 23.7. The van der Waals surface area contributed by atoms with Crippen LogP contribution in [0.4, 0.5) is 5.69 Å². The number of hydrogen-bond donors (Lipinski definition) is 1. The smallest absolute Gasteiger partial charge is 0.0586 e. The first-order chi connectivity index (χ1) is 9.16. The van der Waals surface area contributed by atoms with Gasteiger partial charge in [0.25, 0.3) is 0 Å². The van der Waals surface area contributed by atoms with Gasteiger partial charge in [-0.05, 0) is 30.5 Å². The number of aliphatic imine (C=N–C) groups is 1. The van der Waals surface area contributed by atoms with Gasteiger partial charge in [-0.2, -0.15) is 0 Å². The highest BCUT2D eigenvalue weighted by Gasteiger charge is 2.21. The number of nitrogens with zero attached hydrogens (tertiary/aromatic N) is 2. The number of hydrogen-bond acceptors (Lipinski definition) is 3. The largest absolute Gasteiger partial charge is 0.393 e. The van der Waals surface area contributed by atoms with Crippen LogP contribution in [0.3, 0.4) is 0 Å². The molecular weight excluding hydrogens is 236 g/mol. The molecule has 0 amide bonds. The predicted molar refractivity (Wildman–Crippen MR) is 81.2 cm³/mol. The Balaban J connectivity index is 1.93. The van der Waals surface area contributed by atoms with Crippen molar-refractivity contribution < 1.29 is 5.11 Å². The third-order valence-corrected chi connectivity index (χ3v) is 3.84. The fraction of sp³-hybridized carbons (Fsp3) is 0.562. The molecule has 0 aliphatic heterocycles. The Bertz CT molecular complexity index is 429. The molecule has 0 radical (unpaired) electrons. The fourth-order valence-electron chi connectivity index (χ4n) is 2.58. The zero-order valence-corrected chi connectivity index (χ0v) is 11.9. The van der Waals surface area contributed by atoms with Gasteiger partial charge in [0.1, 0.15) is 0 Å². The lowest BCUT2D eigenvalue weighted by Crippen LogP contribution is -2.26. The molecule has 1 aliphatic carbocycles. The number of benzene rings is 1. The third-order valence-electron chi connectivity index (χ3n) is 3.84. The van der Waals surface area contributed by atoms with Crippen LogP contribution in [0, 0.1) is 5.92 Å². The predicted octanol–water partition coefficient (Wildman–Crippen LogP) is 2.72. The van der Waals surface area contributed by atoms with Crippen molar-refractivity contribution in [2.75, 3.05) is 25.5 Å². The fourth-order valence-corrected chi connectivity index (χ4v) is 2.58. The summed E-state index contributed by atoms with van der Waals surface area (Å²) in [5.41, 5.74) is 2.30. The Morgan fingerprint density at radius 1 is 1.32 bits per heavy atom. The highest BCUT2D eigenvalue weighted by molar-refractivity contribution is 5.81. The van der Waals surface area contributed by atoms with Gasteiger partial charge in [-0.3, -0.25) is 4.99 Å². The minimum Gasteiger partial charge on any atom is -0.393 e. The van der Waals surface area contributed by atoms with E-state index >= 15 is 0 Å². The van der Waals surface area contributed by atoms with Gasteiger partial charge in [0.2, 0.25) is 0 Å². The first-order valence-electron chi connectivity index (χ1n) is 7.12. The summed E-state index contributed by atoms with van der Waals surface area (Å²) in [6.45, 7) is 0.743. The molecule has 0 heterocycles. The summed E-state index contributed by atoms with van der Waals surface area (Å²) in [4.78, 5) is 6.60. The molecule has 1 N–H and O–H groups in total. The van der Waals surface area contributed by atoms with Gasteiger partial charge >= 0.3 is 0 Å². The van der Waals surface area contributed by atoms with Gasteiger partial charge in [0.05, 0.1) is 6.10 Å². The van der Waals surface area contributed by atoms with E-state index in [2.05, 4.69) is 28.1 Å². The zero-order valence-electron chi connectivity index (χ0n) is 11.9. The van der Waals surface area contributed by atoms with Crippen molar-refractivity contribution in [3.8, 4) is 0 Å². The average Bonchev–Trinajstić information content (AvgIpc) is 2.41. The van der Waals surface area contributed by atoms with E-state index in [0.29, 0.717) is 5.92 Å². The number of rotatable bonds is 4. The van der Waals surface area contributed by atoms with Crippen LogP contribution in [0.1, 0.15) is 31.2 Å². The minimum absolute atomic E-state index is 0.154. The van der Waals surface area contributed by atoms with Crippen molar-refractivity contribution in [1.29, 1.82) is 0 Å². The first-order valence-corrected chi connectivity index (χ1v) is 7.12. The molecule has 0 saturated heterocycles. The Labute approximate surface area is 116 Å². The molecule has 19 heavy (non-hydrogen) atoms. The van der Waals surface area contributed by atoms with Gasteiger partial charge in [-0.15, -0.1) is 0 Å². The summed E-state index contributed by atoms with van der Waals surface area (Å²) in [6.07, 6.45) is 6.21. The number of aliphatic hydroxyl groups is 1. The van der Waals surface area contributed by atoms with Crippen LogP contribution in [0.25, 0.3) is 0 Å². The molecule has 2 rings (SSSR count). The van der Waals surface area contributed by atoms with Crippen LogP contribution >= 0.6 is 0 Å². The van der Waals surface area contributed by atoms with Crippen molar-refractivity contribution in [2.45, 2.75) is 31.8 Å². The minimum atomic E-state index is -0.154. The Morgan fingerprint density at radius 2 is 2.11 bits per heavy atom. The average molecular weight is 260 g/mol. The van der Waals surface area contributed by atoms with Gasteiger partial charge in [-0.25, -0.2) is 0 Å². The number of aliphatic hydroxyl groups excluding tert-OH is 1. The molecule has 0 bridgehead atoms. The molecule has 104 valence electrons. The van der Waals surface area contributed by atoms with E-state index in [1.54, 1.807) is 0 Å². The van der Waals surface area contributed by atoms with Crippen molar-refractivity contribution in [2.24, 2.45) is 10.9 Å². The second-order valence-electron chi connectivity index (χ2n) is 5.60. The van der Waals surface area contributed by atoms with Crippen molar-refractivity contribution >= 4 is 11.9 Å². The molecule has 1 aromatic carbocycles. The van der Waals surface area contributed by atoms with Gasteiger partial charge in [0, 0.05) is 38.5 Å². The standard InChI is InChI=1S/C16H24N2O/c1-18(2)15-8-5-6-13(10-15)11-17-12-14-7-3-4-9-16(14)19/h5-6,8,10-11,14,16,19H,3-4,7,9,12H2,1-2H3/t14-,16+/m1/s1. The molecule has 0 aromatic heterocycles. The van der Waals surface area contributed by atoms with E-state index in [-0.39, 0.29) is 6.10 Å². The maximum absolute atomic E-state index is 9.90.